The molecule has 1 aromatic carbocycles. The summed E-state index contributed by atoms with van der Waals surface area (Å²) in [6.45, 7) is 5.45. The number of aliphatic imine (C=N–C) groups is 1. The van der Waals surface area contributed by atoms with E-state index in [2.05, 4.69) is 4.99 Å². The first-order valence-electron chi connectivity index (χ1n) is 8.05. The number of carbonyl (C=O) groups excluding carboxylic acids is 1. The van der Waals surface area contributed by atoms with Crippen molar-refractivity contribution in [3.63, 3.8) is 0 Å². The molecule has 136 valence electrons. The van der Waals surface area contributed by atoms with E-state index in [4.69, 9.17) is 4.74 Å². The van der Waals surface area contributed by atoms with E-state index in [-0.39, 0.29) is 28.7 Å². The Morgan fingerprint density at radius 1 is 1.28 bits per heavy atom. The molecule has 2 aliphatic heterocycles. The van der Waals surface area contributed by atoms with Crippen molar-refractivity contribution in [1.82, 2.24) is 0 Å². The summed E-state index contributed by atoms with van der Waals surface area (Å²) in [5.41, 5.74) is 0.145. The minimum Gasteiger partial charge on any atom is -0.495 e. The van der Waals surface area contributed by atoms with Gasteiger partial charge in [0.2, 0.25) is 0 Å². The van der Waals surface area contributed by atoms with Crippen LogP contribution in [0.25, 0.3) is 0 Å². The number of hydrogen-bond donors (Lipinski definition) is 0. The highest BCUT2D eigenvalue weighted by atomic mass is 32.2. The number of nitrogens with zero attached hydrogens (tertiary/aromatic N) is 2. The lowest BCUT2D eigenvalue weighted by molar-refractivity contribution is -0.124. The molecule has 0 spiro atoms. The monoisotopic (exact) mass is 382 g/mol. The van der Waals surface area contributed by atoms with Crippen LogP contribution in [-0.2, 0) is 14.6 Å². The number of rotatable bonds is 2. The maximum atomic E-state index is 12.4. The minimum atomic E-state index is -3.09. The average Bonchev–Trinajstić information content (AvgIpc) is 2.97. The Morgan fingerprint density at radius 2 is 1.96 bits per heavy atom. The van der Waals surface area contributed by atoms with E-state index in [1.807, 2.05) is 49.9 Å². The molecule has 2 fully saturated rings. The molecule has 6 nitrogen and oxygen atoms in total. The number of hydrogen-bond acceptors (Lipinski definition) is 5. The fourth-order valence-corrected chi connectivity index (χ4v) is 6.83. The molecule has 0 N–H and O–H groups in total. The van der Waals surface area contributed by atoms with Gasteiger partial charge in [0.15, 0.2) is 15.0 Å². The molecule has 0 unspecified atom stereocenters. The lowest BCUT2D eigenvalue weighted by Gasteiger charge is -2.26. The van der Waals surface area contributed by atoms with Crippen LogP contribution < -0.4 is 9.64 Å². The smallest absolute Gasteiger partial charge is 0.253 e. The molecule has 0 radical (unpaired) electrons. The molecule has 2 aliphatic rings. The van der Waals surface area contributed by atoms with Crippen molar-refractivity contribution in [3.8, 4) is 5.75 Å². The number of amides is 1. The summed E-state index contributed by atoms with van der Waals surface area (Å²) in [6.07, 6.45) is 0. The normalized spacial score (nSPS) is 26.7. The first kappa shape index (κ1) is 18.3. The van der Waals surface area contributed by atoms with E-state index in [9.17, 15) is 13.2 Å². The molecule has 0 aliphatic carbocycles. The molecule has 2 atom stereocenters. The Kier molecular flexibility index (Phi) is 4.61. The largest absolute Gasteiger partial charge is 0.495 e. The third-order valence-corrected chi connectivity index (χ3v) is 7.46. The van der Waals surface area contributed by atoms with Crippen molar-refractivity contribution in [2.75, 3.05) is 23.5 Å². The second-order valence-electron chi connectivity index (χ2n) is 7.29. The summed E-state index contributed by atoms with van der Waals surface area (Å²) in [6, 6.07) is 7.16. The average molecular weight is 383 g/mol. The summed E-state index contributed by atoms with van der Waals surface area (Å²) >= 11 is 1.37. The predicted molar refractivity (Wildman–Crippen MR) is 101 cm³/mol. The van der Waals surface area contributed by atoms with Gasteiger partial charge >= 0.3 is 0 Å². The lowest BCUT2D eigenvalue weighted by Crippen LogP contribution is -2.38. The number of sulfone groups is 1. The van der Waals surface area contributed by atoms with Gasteiger partial charge in [-0.1, -0.05) is 44.7 Å². The van der Waals surface area contributed by atoms with Crippen LogP contribution in [0.2, 0.25) is 0 Å². The van der Waals surface area contributed by atoms with Crippen molar-refractivity contribution in [2.24, 2.45) is 10.4 Å². The number of fused-ring (bicyclic) bond motifs is 1. The second kappa shape index (κ2) is 6.32. The quantitative estimate of drug-likeness (QED) is 0.781. The van der Waals surface area contributed by atoms with Crippen LogP contribution in [0.3, 0.4) is 0 Å². The first-order chi connectivity index (χ1) is 11.6. The Labute approximate surface area is 152 Å². The zero-order valence-corrected chi connectivity index (χ0v) is 16.4. The number of ether oxygens (including phenoxy) is 1. The summed E-state index contributed by atoms with van der Waals surface area (Å²) in [7, 11) is -1.52. The highest BCUT2D eigenvalue weighted by molar-refractivity contribution is 8.16. The van der Waals surface area contributed by atoms with Crippen molar-refractivity contribution < 1.29 is 17.9 Å². The third kappa shape index (κ3) is 3.55. The van der Waals surface area contributed by atoms with Crippen LogP contribution in [0, 0.1) is 5.41 Å². The molecule has 0 aromatic heterocycles. The molecule has 0 saturated carbocycles. The number of amidine groups is 1. The zero-order valence-electron chi connectivity index (χ0n) is 14.7. The molecule has 0 bridgehead atoms. The molecule has 2 heterocycles. The Bertz CT molecular complexity index is 827. The lowest BCUT2D eigenvalue weighted by atomic mass is 9.96. The summed E-state index contributed by atoms with van der Waals surface area (Å²) in [5, 5.41) is 0.427. The summed E-state index contributed by atoms with van der Waals surface area (Å²) < 4.78 is 29.6. The van der Waals surface area contributed by atoms with Gasteiger partial charge < -0.3 is 9.64 Å². The maximum Gasteiger partial charge on any atom is 0.253 e. The van der Waals surface area contributed by atoms with Crippen LogP contribution in [0.15, 0.2) is 29.3 Å². The highest BCUT2D eigenvalue weighted by Gasteiger charge is 2.50. The van der Waals surface area contributed by atoms with Gasteiger partial charge in [-0.25, -0.2) is 8.42 Å². The predicted octanol–water partition coefficient (Wildman–Crippen LogP) is 2.34. The van der Waals surface area contributed by atoms with Crippen LogP contribution >= 0.6 is 11.8 Å². The summed E-state index contributed by atoms with van der Waals surface area (Å²) in [5.74, 6) is 0.573. The van der Waals surface area contributed by atoms with Gasteiger partial charge in [-0.05, 0) is 12.1 Å². The molecule has 2 saturated heterocycles. The number of carbonyl (C=O) groups is 1. The fourth-order valence-electron chi connectivity index (χ4n) is 2.93. The minimum absolute atomic E-state index is 0.0610. The molecule has 1 amide bonds. The van der Waals surface area contributed by atoms with Gasteiger partial charge in [-0.3, -0.25) is 4.79 Å². The number of thioether (sulfide) groups is 1. The van der Waals surface area contributed by atoms with Gasteiger partial charge in [0, 0.05) is 10.7 Å². The number of methoxy groups -OCH3 is 1. The standard InChI is InChI=1S/C17H22N2O4S2/c1-17(2,3)15(20)18-16-19(11-7-5-6-8-13(11)23-4)12-9-25(21,22)10-14(12)24-16/h5-8,12,14H,9-10H2,1-4H3/t12-,14+/m0/s1. The second-order valence-corrected chi connectivity index (χ2v) is 10.7. The van der Waals surface area contributed by atoms with Crippen molar-refractivity contribution in [1.29, 1.82) is 0 Å². The molecule has 3 rings (SSSR count). The third-order valence-electron chi connectivity index (χ3n) is 4.25. The fraction of sp³-hybridized carbons (Fsp3) is 0.529. The van der Waals surface area contributed by atoms with Gasteiger partial charge in [0.05, 0.1) is 30.3 Å². The Morgan fingerprint density at radius 3 is 2.60 bits per heavy atom. The van der Waals surface area contributed by atoms with Crippen LogP contribution in [0.4, 0.5) is 5.69 Å². The van der Waals surface area contributed by atoms with Crippen molar-refractivity contribution in [3.05, 3.63) is 24.3 Å². The molecule has 8 heteroatoms. The SMILES string of the molecule is COc1ccccc1N1C(=NC(=O)C(C)(C)C)S[C@@H]2CS(=O)(=O)C[C@@H]21. The van der Waals surface area contributed by atoms with E-state index in [0.29, 0.717) is 10.9 Å². The maximum absolute atomic E-state index is 12.4. The van der Waals surface area contributed by atoms with E-state index in [1.165, 1.54) is 11.8 Å². The number of anilines is 1. The first-order valence-corrected chi connectivity index (χ1v) is 10.7. The van der Waals surface area contributed by atoms with Crippen molar-refractivity contribution >= 4 is 38.4 Å². The highest BCUT2D eigenvalue weighted by Crippen LogP contribution is 2.44. The van der Waals surface area contributed by atoms with Crippen LogP contribution in [0.1, 0.15) is 20.8 Å². The van der Waals surface area contributed by atoms with Gasteiger partial charge in [-0.2, -0.15) is 4.99 Å². The Hall–Kier alpha value is -1.54. The van der Waals surface area contributed by atoms with Gasteiger partial charge in [0.25, 0.3) is 5.91 Å². The van der Waals surface area contributed by atoms with Crippen LogP contribution in [0.5, 0.6) is 5.75 Å². The number of para-hydroxylation sites is 2. The topological polar surface area (TPSA) is 76.0 Å². The molecular weight excluding hydrogens is 360 g/mol. The molecular formula is C17H22N2O4S2. The van der Waals surface area contributed by atoms with E-state index < -0.39 is 15.3 Å². The number of benzene rings is 1. The van der Waals surface area contributed by atoms with Crippen molar-refractivity contribution in [2.45, 2.75) is 32.1 Å². The van der Waals surface area contributed by atoms with E-state index >= 15 is 0 Å². The van der Waals surface area contributed by atoms with Gasteiger partial charge in [-0.15, -0.1) is 0 Å². The summed E-state index contributed by atoms with van der Waals surface area (Å²) in [4.78, 5) is 18.6. The van der Waals surface area contributed by atoms with E-state index in [1.54, 1.807) is 7.11 Å². The van der Waals surface area contributed by atoms with Crippen LogP contribution in [-0.4, -0.2) is 49.4 Å². The molecule has 25 heavy (non-hydrogen) atoms. The van der Waals surface area contributed by atoms with Gasteiger partial charge in [0.1, 0.15) is 5.75 Å². The van der Waals surface area contributed by atoms with E-state index in [0.717, 1.165) is 5.69 Å². The Balaban J connectivity index is 2.07. The zero-order chi connectivity index (χ0) is 18.4. The molecule has 1 aromatic rings.